The number of carbonyl (C=O) groups excluding carboxylic acids is 4. The van der Waals surface area contributed by atoms with Gasteiger partial charge in [0.15, 0.2) is 0 Å². The largest absolute Gasteiger partial charge is 0.468 e. The summed E-state index contributed by atoms with van der Waals surface area (Å²) in [6.45, 7) is 10.5. The predicted octanol–water partition coefficient (Wildman–Crippen LogP) is 2.87. The molecule has 34 heavy (non-hydrogen) atoms. The van der Waals surface area contributed by atoms with Crippen LogP contribution in [-0.2, 0) is 23.9 Å². The molecule has 2 rings (SSSR count). The number of amides is 3. The molecule has 0 radical (unpaired) electrons. The molecule has 9 nitrogen and oxygen atoms in total. The SMILES string of the molecule is COC(=O)CNC(=O)C(c1ccc(C)cc1)N(C(=O)C(NC(=O)OC(C)(C)C)C(C)C)C1CC1. The highest BCUT2D eigenvalue weighted by atomic mass is 16.6. The first-order chi connectivity index (χ1) is 15.8. The number of aryl methyl sites for hydroxylation is 1. The number of nitrogens with zero attached hydrogens (tertiary/aromatic N) is 1. The van der Waals surface area contributed by atoms with Gasteiger partial charge in [-0.1, -0.05) is 43.7 Å². The maximum absolute atomic E-state index is 13.8. The van der Waals surface area contributed by atoms with E-state index in [0.717, 1.165) is 18.4 Å². The zero-order valence-electron chi connectivity index (χ0n) is 21.1. The van der Waals surface area contributed by atoms with Crippen LogP contribution in [0.25, 0.3) is 0 Å². The molecule has 9 heteroatoms. The van der Waals surface area contributed by atoms with E-state index in [-0.39, 0.29) is 24.4 Å². The third-order valence-electron chi connectivity index (χ3n) is 5.35. The Labute approximate surface area is 201 Å². The number of hydrogen-bond acceptors (Lipinski definition) is 6. The van der Waals surface area contributed by atoms with Crippen molar-refractivity contribution >= 4 is 23.9 Å². The highest BCUT2D eigenvalue weighted by molar-refractivity contribution is 5.93. The molecule has 2 unspecified atom stereocenters. The summed E-state index contributed by atoms with van der Waals surface area (Å²) in [6.07, 6.45) is 0.794. The molecular formula is C25H37N3O6. The number of rotatable bonds is 9. The molecule has 1 aliphatic carbocycles. The summed E-state index contributed by atoms with van der Waals surface area (Å²) in [4.78, 5) is 52.8. The van der Waals surface area contributed by atoms with Gasteiger partial charge in [-0.3, -0.25) is 14.4 Å². The fourth-order valence-electron chi connectivity index (χ4n) is 3.49. The number of carbonyl (C=O) groups is 4. The van der Waals surface area contributed by atoms with E-state index >= 15 is 0 Å². The predicted molar refractivity (Wildman–Crippen MR) is 127 cm³/mol. The molecule has 1 fully saturated rings. The third-order valence-corrected chi connectivity index (χ3v) is 5.35. The van der Waals surface area contributed by atoms with Crippen molar-refractivity contribution in [2.24, 2.45) is 5.92 Å². The van der Waals surface area contributed by atoms with Gasteiger partial charge in [0.2, 0.25) is 11.8 Å². The summed E-state index contributed by atoms with van der Waals surface area (Å²) >= 11 is 0. The Balaban J connectivity index is 2.39. The van der Waals surface area contributed by atoms with Crippen molar-refractivity contribution in [3.8, 4) is 0 Å². The number of benzene rings is 1. The van der Waals surface area contributed by atoms with E-state index in [1.165, 1.54) is 7.11 Å². The fraction of sp³-hybridized carbons (Fsp3) is 0.600. The summed E-state index contributed by atoms with van der Waals surface area (Å²) in [5.74, 6) is -1.71. The second kappa shape index (κ2) is 11.4. The van der Waals surface area contributed by atoms with Crippen LogP contribution in [0.1, 0.15) is 64.6 Å². The number of ether oxygens (including phenoxy) is 2. The molecule has 188 valence electrons. The van der Waals surface area contributed by atoms with Crippen LogP contribution >= 0.6 is 0 Å². The molecule has 1 aromatic rings. The number of nitrogens with one attached hydrogen (secondary N) is 2. The molecule has 3 amide bonds. The van der Waals surface area contributed by atoms with Gasteiger partial charge in [-0.25, -0.2) is 4.79 Å². The van der Waals surface area contributed by atoms with Gasteiger partial charge in [0.1, 0.15) is 24.2 Å². The minimum absolute atomic E-state index is 0.149. The van der Waals surface area contributed by atoms with E-state index in [4.69, 9.17) is 4.74 Å². The van der Waals surface area contributed by atoms with Crippen molar-refractivity contribution in [3.05, 3.63) is 35.4 Å². The summed E-state index contributed by atoms with van der Waals surface area (Å²) < 4.78 is 9.98. The van der Waals surface area contributed by atoms with Gasteiger partial charge < -0.3 is 25.0 Å². The van der Waals surface area contributed by atoms with Crippen molar-refractivity contribution in [3.63, 3.8) is 0 Å². The highest BCUT2D eigenvalue weighted by Gasteiger charge is 2.44. The summed E-state index contributed by atoms with van der Waals surface area (Å²) in [7, 11) is 1.24. The van der Waals surface area contributed by atoms with Crippen LogP contribution in [0.15, 0.2) is 24.3 Å². The van der Waals surface area contributed by atoms with Crippen LogP contribution in [0.3, 0.4) is 0 Å². The minimum Gasteiger partial charge on any atom is -0.468 e. The first kappa shape index (κ1) is 27.1. The Bertz CT molecular complexity index is 887. The number of esters is 1. The molecule has 2 N–H and O–H groups in total. The van der Waals surface area contributed by atoms with Crippen LogP contribution in [-0.4, -0.2) is 60.1 Å². The summed E-state index contributed by atoms with van der Waals surface area (Å²) in [6, 6.07) is 5.32. The molecule has 0 aromatic heterocycles. The summed E-state index contributed by atoms with van der Waals surface area (Å²) in [5, 5.41) is 5.28. The van der Waals surface area contributed by atoms with Crippen molar-refractivity contribution in [1.29, 1.82) is 0 Å². The van der Waals surface area contributed by atoms with Crippen LogP contribution in [0.2, 0.25) is 0 Å². The van der Waals surface area contributed by atoms with Crippen LogP contribution < -0.4 is 10.6 Å². The lowest BCUT2D eigenvalue weighted by atomic mass is 9.98. The van der Waals surface area contributed by atoms with Crippen LogP contribution in [0.5, 0.6) is 0 Å². The Morgan fingerprint density at radius 2 is 1.68 bits per heavy atom. The molecule has 0 heterocycles. The van der Waals surface area contributed by atoms with Gasteiger partial charge in [0.25, 0.3) is 0 Å². The Morgan fingerprint density at radius 1 is 1.09 bits per heavy atom. The van der Waals surface area contributed by atoms with Crippen LogP contribution in [0.4, 0.5) is 4.79 Å². The molecule has 0 saturated heterocycles. The molecule has 1 aromatic carbocycles. The van der Waals surface area contributed by atoms with Crippen molar-refractivity contribution < 1.29 is 28.7 Å². The van der Waals surface area contributed by atoms with E-state index in [2.05, 4.69) is 15.4 Å². The van der Waals surface area contributed by atoms with E-state index < -0.39 is 35.7 Å². The lowest BCUT2D eigenvalue weighted by Crippen LogP contribution is -2.55. The fourth-order valence-corrected chi connectivity index (χ4v) is 3.49. The van der Waals surface area contributed by atoms with E-state index in [9.17, 15) is 19.2 Å². The topological polar surface area (TPSA) is 114 Å². The maximum atomic E-state index is 13.8. The normalized spacial score (nSPS) is 15.2. The maximum Gasteiger partial charge on any atom is 0.408 e. The number of hydrogen-bond donors (Lipinski definition) is 2. The Morgan fingerprint density at radius 3 is 2.15 bits per heavy atom. The summed E-state index contributed by atoms with van der Waals surface area (Å²) in [5.41, 5.74) is 0.907. The third kappa shape index (κ3) is 7.74. The van der Waals surface area contributed by atoms with Gasteiger partial charge >= 0.3 is 12.1 Å². The average molecular weight is 476 g/mol. The van der Waals surface area contributed by atoms with Gasteiger partial charge in [-0.2, -0.15) is 0 Å². The highest BCUT2D eigenvalue weighted by Crippen LogP contribution is 2.36. The first-order valence-electron chi connectivity index (χ1n) is 11.6. The molecule has 2 atom stereocenters. The van der Waals surface area contributed by atoms with Crippen molar-refractivity contribution in [1.82, 2.24) is 15.5 Å². The molecule has 0 spiro atoms. The number of alkyl carbamates (subject to hydrolysis) is 1. The van der Waals surface area contributed by atoms with E-state index in [1.54, 1.807) is 37.8 Å². The first-order valence-corrected chi connectivity index (χ1v) is 11.6. The smallest absolute Gasteiger partial charge is 0.408 e. The quantitative estimate of drug-likeness (QED) is 0.531. The Hall–Kier alpha value is -3.10. The van der Waals surface area contributed by atoms with E-state index in [1.807, 2.05) is 32.9 Å². The van der Waals surface area contributed by atoms with E-state index in [0.29, 0.717) is 5.56 Å². The molecule has 1 saturated carbocycles. The molecule has 0 bridgehead atoms. The average Bonchev–Trinajstić information content (AvgIpc) is 3.57. The van der Waals surface area contributed by atoms with Gasteiger partial charge in [0.05, 0.1) is 7.11 Å². The standard InChI is InChI=1S/C25H37N3O6/c1-15(2)20(27-24(32)34-25(4,5)6)23(31)28(18-12-13-18)21(17-10-8-16(3)9-11-17)22(30)26-14-19(29)33-7/h8-11,15,18,20-21H,12-14H2,1-7H3,(H,26,30)(H,27,32). The lowest BCUT2D eigenvalue weighted by Gasteiger charge is -2.35. The minimum atomic E-state index is -0.966. The zero-order valence-corrected chi connectivity index (χ0v) is 21.1. The number of methoxy groups -OCH3 is 1. The Kier molecular flexibility index (Phi) is 9.06. The zero-order chi connectivity index (χ0) is 25.6. The second-order valence-electron chi connectivity index (χ2n) is 9.95. The van der Waals surface area contributed by atoms with Crippen molar-refractivity contribution in [2.75, 3.05) is 13.7 Å². The monoisotopic (exact) mass is 475 g/mol. The van der Waals surface area contributed by atoms with Gasteiger partial charge in [-0.15, -0.1) is 0 Å². The lowest BCUT2D eigenvalue weighted by molar-refractivity contribution is -0.145. The molecule has 1 aliphatic rings. The van der Waals surface area contributed by atoms with Crippen LogP contribution in [0, 0.1) is 12.8 Å². The van der Waals surface area contributed by atoms with Gasteiger partial charge in [-0.05, 0) is 52.0 Å². The van der Waals surface area contributed by atoms with Gasteiger partial charge in [0, 0.05) is 6.04 Å². The molecular weight excluding hydrogens is 438 g/mol. The second-order valence-corrected chi connectivity index (χ2v) is 9.95. The van der Waals surface area contributed by atoms with Crippen molar-refractivity contribution in [2.45, 2.75) is 78.1 Å². The molecule has 0 aliphatic heterocycles.